The van der Waals surface area contributed by atoms with E-state index in [1.54, 1.807) is 0 Å². The van der Waals surface area contributed by atoms with Crippen molar-refractivity contribution in [2.45, 2.75) is 10.5 Å². The minimum atomic E-state index is -1.06. The Balaban J connectivity index is 4.52. The van der Waals surface area contributed by atoms with Gasteiger partial charge in [0.05, 0.1) is 0 Å². The van der Waals surface area contributed by atoms with Crippen molar-refractivity contribution < 1.29 is 19.8 Å². The van der Waals surface area contributed by atoms with Gasteiger partial charge in [0.2, 0.25) is 0 Å². The summed E-state index contributed by atoms with van der Waals surface area (Å²) in [6, 6.07) is 0. The number of thioether (sulfide) groups is 4. The van der Waals surface area contributed by atoms with Gasteiger partial charge < -0.3 is 10.2 Å². The number of carbonyl (C=O) groups is 2. The van der Waals surface area contributed by atoms with E-state index in [0.29, 0.717) is 10.2 Å². The van der Waals surface area contributed by atoms with Crippen molar-refractivity contribution in [1.29, 1.82) is 0 Å². The lowest BCUT2D eigenvalue weighted by atomic mass is 10.3. The molecule has 0 saturated heterocycles. The molecule has 8 heteroatoms. The van der Waals surface area contributed by atoms with Crippen molar-refractivity contribution in [1.82, 2.24) is 0 Å². The lowest BCUT2D eigenvalue weighted by molar-refractivity contribution is -0.142. The van der Waals surface area contributed by atoms with E-state index < -0.39 is 22.4 Å². The minimum Gasteiger partial charge on any atom is -0.480 e. The molecule has 0 aromatic carbocycles. The average molecular weight is 302 g/mol. The van der Waals surface area contributed by atoms with Gasteiger partial charge in [-0.05, 0) is 12.5 Å². The third kappa shape index (κ3) is 6.17. The second kappa shape index (κ2) is 9.38. The number of carboxylic acid groups (broad SMARTS) is 2. The Labute approximate surface area is 112 Å². The van der Waals surface area contributed by atoms with Crippen molar-refractivity contribution in [3.05, 3.63) is 0 Å². The maximum atomic E-state index is 11.0. The molecular weight excluding hydrogens is 288 g/mol. The highest BCUT2D eigenvalue weighted by atomic mass is 32.2. The van der Waals surface area contributed by atoms with Crippen LogP contribution in [0.25, 0.3) is 0 Å². The molecule has 0 radical (unpaired) electrons. The first-order chi connectivity index (χ1) is 7.54. The highest BCUT2D eigenvalue weighted by Gasteiger charge is 2.34. The normalized spacial score (nSPS) is 14.4. The van der Waals surface area contributed by atoms with Crippen molar-refractivity contribution in [2.24, 2.45) is 0 Å². The van der Waals surface area contributed by atoms with Crippen LogP contribution in [0.1, 0.15) is 0 Å². The monoisotopic (exact) mass is 302 g/mol. The molecule has 0 saturated carbocycles. The molecule has 2 N–H and O–H groups in total. The number of carboxylic acids is 2. The predicted molar refractivity (Wildman–Crippen MR) is 74.8 cm³/mol. The lowest BCUT2D eigenvalue weighted by Gasteiger charge is -2.18. The fourth-order valence-electron chi connectivity index (χ4n) is 0.859. The SMILES string of the molecule is CSCSC(C(=O)O)C(SCSC)C(=O)O. The molecule has 0 aromatic rings. The summed E-state index contributed by atoms with van der Waals surface area (Å²) < 4.78 is 0. The molecule has 0 aliphatic rings. The summed E-state index contributed by atoms with van der Waals surface area (Å²) in [4.78, 5) is 22.0. The number of hydrogen-bond donors (Lipinski definition) is 2. The van der Waals surface area contributed by atoms with Crippen LogP contribution in [0.15, 0.2) is 0 Å². The quantitative estimate of drug-likeness (QED) is 0.626. The summed E-state index contributed by atoms with van der Waals surface area (Å²) >= 11 is 5.32. The van der Waals surface area contributed by atoms with E-state index in [1.165, 1.54) is 47.0 Å². The number of rotatable bonds is 9. The highest BCUT2D eigenvalue weighted by molar-refractivity contribution is 8.18. The van der Waals surface area contributed by atoms with E-state index in [4.69, 9.17) is 10.2 Å². The second-order valence-electron chi connectivity index (χ2n) is 2.66. The molecule has 0 spiro atoms. The zero-order valence-electron chi connectivity index (χ0n) is 8.91. The van der Waals surface area contributed by atoms with E-state index in [0.717, 1.165) is 0 Å². The molecule has 2 unspecified atom stereocenters. The zero-order chi connectivity index (χ0) is 12.6. The number of aliphatic carboxylic acids is 2. The first-order valence-electron chi connectivity index (χ1n) is 4.21. The molecule has 0 aliphatic heterocycles. The molecule has 0 aromatic heterocycles. The summed E-state index contributed by atoms with van der Waals surface area (Å²) in [5.74, 6) is -2.11. The summed E-state index contributed by atoms with van der Waals surface area (Å²) in [5, 5.41) is 17.4. The van der Waals surface area contributed by atoms with Crippen LogP contribution < -0.4 is 0 Å². The molecule has 16 heavy (non-hydrogen) atoms. The Hall–Kier alpha value is 0.340. The third-order valence-electron chi connectivity index (χ3n) is 1.49. The van der Waals surface area contributed by atoms with Gasteiger partial charge in [-0.15, -0.1) is 23.5 Å². The van der Waals surface area contributed by atoms with Gasteiger partial charge in [0.25, 0.3) is 0 Å². The van der Waals surface area contributed by atoms with Gasteiger partial charge in [-0.3, -0.25) is 9.59 Å². The van der Waals surface area contributed by atoms with E-state index in [2.05, 4.69) is 0 Å². The molecule has 0 bridgehead atoms. The van der Waals surface area contributed by atoms with Gasteiger partial charge in [0.1, 0.15) is 10.5 Å². The largest absolute Gasteiger partial charge is 0.480 e. The first-order valence-corrected chi connectivity index (χ1v) is 9.09. The lowest BCUT2D eigenvalue weighted by Crippen LogP contribution is -2.35. The van der Waals surface area contributed by atoms with Gasteiger partial charge in [-0.25, -0.2) is 0 Å². The topological polar surface area (TPSA) is 74.6 Å². The standard InChI is InChI=1S/C8H14O4S4/c1-13-3-15-5(7(9)10)6(8(11)12)16-4-14-2/h5-6H,3-4H2,1-2H3,(H,9,10)(H,11,12). The third-order valence-corrected chi connectivity index (χ3v) is 6.31. The molecular formula is C8H14O4S4. The summed E-state index contributed by atoms with van der Waals surface area (Å²) in [6.07, 6.45) is 3.72. The molecule has 94 valence electrons. The van der Waals surface area contributed by atoms with Crippen LogP contribution in [0, 0.1) is 0 Å². The Kier molecular flexibility index (Phi) is 9.58. The fourth-order valence-corrected chi connectivity index (χ4v) is 4.46. The maximum Gasteiger partial charge on any atom is 0.318 e. The van der Waals surface area contributed by atoms with E-state index in [-0.39, 0.29) is 0 Å². The average Bonchev–Trinajstić information content (AvgIpc) is 2.21. The first kappa shape index (κ1) is 16.3. The number of hydrogen-bond acceptors (Lipinski definition) is 6. The highest BCUT2D eigenvalue weighted by Crippen LogP contribution is 2.29. The van der Waals surface area contributed by atoms with Crippen LogP contribution in [0.3, 0.4) is 0 Å². The van der Waals surface area contributed by atoms with Crippen molar-refractivity contribution in [2.75, 3.05) is 22.7 Å². The van der Waals surface area contributed by atoms with Crippen molar-refractivity contribution >= 4 is 59.0 Å². The van der Waals surface area contributed by atoms with Crippen LogP contribution in [-0.4, -0.2) is 55.3 Å². The molecule has 2 atom stereocenters. The van der Waals surface area contributed by atoms with Gasteiger partial charge in [-0.2, -0.15) is 23.5 Å². The molecule has 0 fully saturated rings. The molecule has 0 amide bonds. The van der Waals surface area contributed by atoms with Gasteiger partial charge in [-0.1, -0.05) is 0 Å². The van der Waals surface area contributed by atoms with Gasteiger partial charge in [0.15, 0.2) is 0 Å². The predicted octanol–water partition coefficient (Wildman–Crippen LogP) is 2.00. The summed E-state index contributed by atoms with van der Waals surface area (Å²) in [7, 11) is 0. The van der Waals surface area contributed by atoms with Crippen molar-refractivity contribution in [3.8, 4) is 0 Å². The zero-order valence-corrected chi connectivity index (χ0v) is 12.2. The fraction of sp³-hybridized carbons (Fsp3) is 0.750. The minimum absolute atomic E-state index is 0.584. The molecule has 0 heterocycles. The molecule has 0 aliphatic carbocycles. The van der Waals surface area contributed by atoms with Crippen LogP contribution in [-0.2, 0) is 9.59 Å². The Morgan fingerprint density at radius 3 is 1.44 bits per heavy atom. The van der Waals surface area contributed by atoms with Crippen LogP contribution in [0.2, 0.25) is 0 Å². The Morgan fingerprint density at radius 1 is 0.938 bits per heavy atom. The van der Waals surface area contributed by atoms with Crippen LogP contribution in [0.5, 0.6) is 0 Å². The Morgan fingerprint density at radius 2 is 1.25 bits per heavy atom. The maximum absolute atomic E-state index is 11.0. The van der Waals surface area contributed by atoms with Crippen LogP contribution >= 0.6 is 47.0 Å². The summed E-state index contributed by atoms with van der Waals surface area (Å²) in [5.41, 5.74) is 0. The van der Waals surface area contributed by atoms with Gasteiger partial charge in [0, 0.05) is 10.2 Å². The van der Waals surface area contributed by atoms with Crippen molar-refractivity contribution in [3.63, 3.8) is 0 Å². The van der Waals surface area contributed by atoms with E-state index >= 15 is 0 Å². The van der Waals surface area contributed by atoms with Gasteiger partial charge >= 0.3 is 11.9 Å². The smallest absolute Gasteiger partial charge is 0.318 e. The van der Waals surface area contributed by atoms with E-state index in [1.807, 2.05) is 12.5 Å². The second-order valence-corrected chi connectivity index (χ2v) is 7.39. The summed E-state index contributed by atoms with van der Waals surface area (Å²) in [6.45, 7) is 0. The van der Waals surface area contributed by atoms with Crippen LogP contribution in [0.4, 0.5) is 0 Å². The Bertz CT molecular complexity index is 212. The molecule has 0 rings (SSSR count). The molecule has 4 nitrogen and oxygen atoms in total. The van der Waals surface area contributed by atoms with E-state index in [9.17, 15) is 9.59 Å².